The topological polar surface area (TPSA) is 15.3 Å². The molecule has 0 aromatic rings. The molecule has 3 aliphatic rings. The molecule has 3 rings (SSSR count). The Hall–Kier alpha value is -0.0800. The highest BCUT2D eigenvalue weighted by Crippen LogP contribution is 2.33. The van der Waals surface area contributed by atoms with Crippen LogP contribution in [0.15, 0.2) is 0 Å². The van der Waals surface area contributed by atoms with E-state index in [2.05, 4.69) is 24.1 Å². The van der Waals surface area contributed by atoms with Crippen molar-refractivity contribution in [2.45, 2.75) is 96.2 Å². The summed E-state index contributed by atoms with van der Waals surface area (Å²) in [6, 6.07) is 2.47. The minimum absolute atomic E-state index is 0.784. The van der Waals surface area contributed by atoms with Crippen LogP contribution in [0, 0.1) is 11.8 Å². The Morgan fingerprint density at radius 2 is 1.67 bits per heavy atom. The summed E-state index contributed by atoms with van der Waals surface area (Å²) in [6.45, 7) is 7.41. The second-order valence-corrected chi connectivity index (χ2v) is 8.00. The summed E-state index contributed by atoms with van der Waals surface area (Å²) in [6.07, 6.45) is 14.6. The first-order valence-corrected chi connectivity index (χ1v) is 9.78. The number of hydrogen-bond donors (Lipinski definition) is 1. The first kappa shape index (κ1) is 15.8. The quantitative estimate of drug-likeness (QED) is 0.835. The summed E-state index contributed by atoms with van der Waals surface area (Å²) in [5, 5.41) is 3.97. The van der Waals surface area contributed by atoms with E-state index in [0.717, 1.165) is 30.0 Å². The normalized spacial score (nSPS) is 35.1. The lowest BCUT2D eigenvalue weighted by Gasteiger charge is -2.48. The van der Waals surface area contributed by atoms with E-state index in [1.807, 2.05) is 0 Å². The van der Waals surface area contributed by atoms with Gasteiger partial charge in [-0.25, -0.2) is 0 Å². The van der Waals surface area contributed by atoms with Crippen LogP contribution in [0.2, 0.25) is 0 Å². The summed E-state index contributed by atoms with van der Waals surface area (Å²) >= 11 is 0. The molecule has 2 aliphatic carbocycles. The minimum atomic E-state index is 0.784. The summed E-state index contributed by atoms with van der Waals surface area (Å²) in [5.74, 6) is 1.80. The monoisotopic (exact) mass is 292 g/mol. The van der Waals surface area contributed by atoms with Crippen LogP contribution in [0.4, 0.5) is 0 Å². The summed E-state index contributed by atoms with van der Waals surface area (Å²) in [4.78, 5) is 2.96. The lowest BCUT2D eigenvalue weighted by Crippen LogP contribution is -2.62. The molecule has 122 valence electrons. The standard InChI is InChI=1S/C19H36N2/c1-3-15(2)19-13-20-18(16-9-5-4-6-10-16)14-21(19)17-11-7-8-12-17/h15-20H,3-14H2,1-2H3. The zero-order valence-corrected chi connectivity index (χ0v) is 14.3. The maximum absolute atomic E-state index is 3.97. The smallest absolute Gasteiger partial charge is 0.0249 e. The van der Waals surface area contributed by atoms with Gasteiger partial charge in [-0.3, -0.25) is 4.90 Å². The van der Waals surface area contributed by atoms with E-state index in [1.165, 1.54) is 77.3 Å². The molecule has 0 bridgehead atoms. The van der Waals surface area contributed by atoms with Crippen molar-refractivity contribution in [1.82, 2.24) is 10.2 Å². The van der Waals surface area contributed by atoms with E-state index in [0.29, 0.717) is 0 Å². The van der Waals surface area contributed by atoms with Gasteiger partial charge < -0.3 is 5.32 Å². The Labute approximate surface area is 132 Å². The fraction of sp³-hybridized carbons (Fsp3) is 1.00. The van der Waals surface area contributed by atoms with Gasteiger partial charge in [0.15, 0.2) is 0 Å². The van der Waals surface area contributed by atoms with Gasteiger partial charge in [0.25, 0.3) is 0 Å². The van der Waals surface area contributed by atoms with E-state index < -0.39 is 0 Å². The van der Waals surface area contributed by atoms with E-state index in [1.54, 1.807) is 0 Å². The second kappa shape index (κ2) is 7.46. The highest BCUT2D eigenvalue weighted by Gasteiger charge is 2.38. The predicted molar refractivity (Wildman–Crippen MR) is 90.6 cm³/mol. The van der Waals surface area contributed by atoms with Crippen molar-refractivity contribution >= 4 is 0 Å². The lowest BCUT2D eigenvalue weighted by atomic mass is 9.81. The molecule has 0 spiro atoms. The maximum atomic E-state index is 3.97. The van der Waals surface area contributed by atoms with Gasteiger partial charge in [0, 0.05) is 31.2 Å². The Kier molecular flexibility index (Phi) is 5.61. The van der Waals surface area contributed by atoms with Gasteiger partial charge in [-0.05, 0) is 37.5 Å². The molecule has 1 N–H and O–H groups in total. The summed E-state index contributed by atoms with van der Waals surface area (Å²) in [7, 11) is 0. The number of hydrogen-bond acceptors (Lipinski definition) is 2. The Bertz CT molecular complexity index is 305. The molecule has 3 fully saturated rings. The molecule has 2 saturated carbocycles. The van der Waals surface area contributed by atoms with Crippen molar-refractivity contribution in [1.29, 1.82) is 0 Å². The van der Waals surface area contributed by atoms with Gasteiger partial charge in [-0.2, -0.15) is 0 Å². The van der Waals surface area contributed by atoms with E-state index >= 15 is 0 Å². The molecule has 1 saturated heterocycles. The van der Waals surface area contributed by atoms with Crippen LogP contribution in [0.25, 0.3) is 0 Å². The highest BCUT2D eigenvalue weighted by molar-refractivity contribution is 4.95. The van der Waals surface area contributed by atoms with Crippen molar-refractivity contribution in [2.75, 3.05) is 13.1 Å². The second-order valence-electron chi connectivity index (χ2n) is 8.00. The maximum Gasteiger partial charge on any atom is 0.0249 e. The van der Waals surface area contributed by atoms with Gasteiger partial charge in [0.1, 0.15) is 0 Å². The van der Waals surface area contributed by atoms with Crippen molar-refractivity contribution in [3.63, 3.8) is 0 Å². The van der Waals surface area contributed by atoms with Crippen molar-refractivity contribution in [2.24, 2.45) is 11.8 Å². The molecule has 0 amide bonds. The SMILES string of the molecule is CCC(C)C1CNC(C2CCCCC2)CN1C1CCCC1. The van der Waals surface area contributed by atoms with Crippen LogP contribution in [0.5, 0.6) is 0 Å². The fourth-order valence-corrected chi connectivity index (χ4v) is 5.12. The van der Waals surface area contributed by atoms with Gasteiger partial charge in [-0.15, -0.1) is 0 Å². The zero-order valence-electron chi connectivity index (χ0n) is 14.3. The molecule has 1 aliphatic heterocycles. The number of rotatable bonds is 4. The minimum Gasteiger partial charge on any atom is -0.311 e. The summed E-state index contributed by atoms with van der Waals surface area (Å²) in [5.41, 5.74) is 0. The van der Waals surface area contributed by atoms with Gasteiger partial charge >= 0.3 is 0 Å². The van der Waals surface area contributed by atoms with E-state index in [-0.39, 0.29) is 0 Å². The molecule has 2 nitrogen and oxygen atoms in total. The van der Waals surface area contributed by atoms with Gasteiger partial charge in [0.05, 0.1) is 0 Å². The molecule has 2 heteroatoms. The average Bonchev–Trinajstić information content (AvgIpc) is 3.09. The largest absolute Gasteiger partial charge is 0.311 e. The molecule has 3 unspecified atom stereocenters. The van der Waals surface area contributed by atoms with Crippen LogP contribution in [-0.2, 0) is 0 Å². The first-order chi connectivity index (χ1) is 10.3. The van der Waals surface area contributed by atoms with E-state index in [4.69, 9.17) is 0 Å². The first-order valence-electron chi connectivity index (χ1n) is 9.78. The number of piperazine rings is 1. The van der Waals surface area contributed by atoms with Gasteiger partial charge in [0.2, 0.25) is 0 Å². The Morgan fingerprint density at radius 3 is 2.33 bits per heavy atom. The van der Waals surface area contributed by atoms with Crippen molar-refractivity contribution < 1.29 is 0 Å². The molecule has 0 aromatic heterocycles. The van der Waals surface area contributed by atoms with Crippen molar-refractivity contribution in [3.8, 4) is 0 Å². The molecule has 1 heterocycles. The molecule has 3 atom stereocenters. The van der Waals surface area contributed by atoms with Crippen LogP contribution in [0.1, 0.15) is 78.1 Å². The van der Waals surface area contributed by atoms with Crippen LogP contribution in [0.3, 0.4) is 0 Å². The van der Waals surface area contributed by atoms with Crippen molar-refractivity contribution in [3.05, 3.63) is 0 Å². The Balaban J connectivity index is 1.66. The van der Waals surface area contributed by atoms with E-state index in [9.17, 15) is 0 Å². The zero-order chi connectivity index (χ0) is 14.7. The lowest BCUT2D eigenvalue weighted by molar-refractivity contribution is 0.0337. The molecule has 21 heavy (non-hydrogen) atoms. The van der Waals surface area contributed by atoms with Crippen LogP contribution in [-0.4, -0.2) is 36.1 Å². The van der Waals surface area contributed by atoms with Crippen LogP contribution >= 0.6 is 0 Å². The Morgan fingerprint density at radius 1 is 1.00 bits per heavy atom. The summed E-state index contributed by atoms with van der Waals surface area (Å²) < 4.78 is 0. The third-order valence-electron chi connectivity index (χ3n) is 6.74. The van der Waals surface area contributed by atoms with Crippen LogP contribution < -0.4 is 5.32 Å². The average molecular weight is 293 g/mol. The number of nitrogens with one attached hydrogen (secondary N) is 1. The predicted octanol–water partition coefficient (Wildman–Crippen LogP) is 4.20. The third kappa shape index (κ3) is 3.64. The number of nitrogens with zero attached hydrogens (tertiary/aromatic N) is 1. The molecule has 0 radical (unpaired) electrons. The molecule has 0 aromatic carbocycles. The highest BCUT2D eigenvalue weighted by atomic mass is 15.3. The molecular formula is C19H36N2. The van der Waals surface area contributed by atoms with Gasteiger partial charge in [-0.1, -0.05) is 52.4 Å². The fourth-order valence-electron chi connectivity index (χ4n) is 5.12. The third-order valence-corrected chi connectivity index (χ3v) is 6.74. The molecular weight excluding hydrogens is 256 g/mol.